The molecule has 0 aliphatic rings. The molecule has 0 radical (unpaired) electrons. The van der Waals surface area contributed by atoms with Gasteiger partial charge in [0, 0.05) is 29.1 Å². The monoisotopic (exact) mass is 363 g/mol. The van der Waals surface area contributed by atoms with Gasteiger partial charge in [-0.15, -0.1) is 11.3 Å². The van der Waals surface area contributed by atoms with Gasteiger partial charge < -0.3 is 5.32 Å². The van der Waals surface area contributed by atoms with E-state index in [0.717, 1.165) is 15.3 Å². The highest BCUT2D eigenvalue weighted by Gasteiger charge is 2.06. The first-order chi connectivity index (χ1) is 9.85. The minimum atomic E-state index is -2.91. The van der Waals surface area contributed by atoms with Gasteiger partial charge in [0.05, 0.1) is 15.8 Å². The van der Waals surface area contributed by atoms with E-state index in [-0.39, 0.29) is 5.75 Å². The summed E-state index contributed by atoms with van der Waals surface area (Å²) in [5.41, 5.74) is 1.02. The number of benzene rings is 1. The molecule has 1 aromatic heterocycles. The third-order valence-electron chi connectivity index (χ3n) is 2.81. The van der Waals surface area contributed by atoms with Crippen LogP contribution in [0.4, 0.5) is 0 Å². The molecule has 0 aliphatic carbocycles. The Kier molecular flexibility index (Phi) is 5.68. The van der Waals surface area contributed by atoms with Crippen molar-refractivity contribution in [1.29, 1.82) is 0 Å². The van der Waals surface area contributed by atoms with E-state index in [1.54, 1.807) is 17.4 Å². The molecule has 0 unspecified atom stereocenters. The lowest BCUT2D eigenvalue weighted by Crippen LogP contribution is -2.21. The normalized spacial score (nSPS) is 11.8. The number of hydrogen-bond donors (Lipinski definition) is 1. The number of halogens is 2. The number of nitrogens with one attached hydrogen (secondary N) is 1. The van der Waals surface area contributed by atoms with E-state index in [4.69, 9.17) is 23.2 Å². The Labute approximate surface area is 138 Å². The maximum Gasteiger partial charge on any atom is 0.148 e. The van der Waals surface area contributed by atoms with Crippen LogP contribution in [-0.2, 0) is 16.4 Å². The predicted octanol–water partition coefficient (Wildman–Crippen LogP) is 3.86. The zero-order valence-corrected chi connectivity index (χ0v) is 14.5. The number of sulfone groups is 1. The summed E-state index contributed by atoms with van der Waals surface area (Å²) in [6, 6.07) is 9.61. The second kappa shape index (κ2) is 7.11. The Morgan fingerprint density at radius 2 is 1.90 bits per heavy atom. The largest absolute Gasteiger partial charge is 0.311 e. The lowest BCUT2D eigenvalue weighted by atomic mass is 10.2. The third-order valence-corrected chi connectivity index (χ3v) is 5.63. The Bertz CT molecular complexity index is 726. The van der Waals surface area contributed by atoms with Crippen molar-refractivity contribution in [1.82, 2.24) is 5.32 Å². The minimum Gasteiger partial charge on any atom is -0.311 e. The van der Waals surface area contributed by atoms with Crippen LogP contribution >= 0.6 is 34.5 Å². The molecule has 2 rings (SSSR count). The zero-order chi connectivity index (χ0) is 15.5. The van der Waals surface area contributed by atoms with Crippen LogP contribution in [0, 0.1) is 0 Å². The van der Waals surface area contributed by atoms with Gasteiger partial charge in [0.1, 0.15) is 9.84 Å². The first-order valence-electron chi connectivity index (χ1n) is 6.28. The van der Waals surface area contributed by atoms with Crippen molar-refractivity contribution in [3.8, 4) is 10.4 Å². The Balaban J connectivity index is 1.96. The molecule has 114 valence electrons. The molecule has 0 bridgehead atoms. The molecule has 1 aromatic carbocycles. The van der Waals surface area contributed by atoms with Crippen molar-refractivity contribution in [3.63, 3.8) is 0 Å². The molecule has 3 nitrogen and oxygen atoms in total. The number of hydrogen-bond acceptors (Lipinski definition) is 4. The standard InChI is InChI=1S/C14H15Cl2NO2S2/c1-21(18,19)7-6-17-9-11-3-5-14(20-11)10-2-4-12(15)13(16)8-10/h2-5,8,17H,6-7,9H2,1H3. The van der Waals surface area contributed by atoms with E-state index in [0.29, 0.717) is 23.1 Å². The van der Waals surface area contributed by atoms with E-state index < -0.39 is 9.84 Å². The number of thiophene rings is 1. The van der Waals surface area contributed by atoms with Crippen LogP contribution in [0.2, 0.25) is 10.0 Å². The molecule has 0 saturated heterocycles. The quantitative estimate of drug-likeness (QED) is 0.792. The Morgan fingerprint density at radius 1 is 1.14 bits per heavy atom. The van der Waals surface area contributed by atoms with Gasteiger partial charge in [-0.25, -0.2) is 8.42 Å². The highest BCUT2D eigenvalue weighted by molar-refractivity contribution is 7.90. The molecule has 21 heavy (non-hydrogen) atoms. The summed E-state index contributed by atoms with van der Waals surface area (Å²) in [7, 11) is -2.91. The Morgan fingerprint density at radius 3 is 2.57 bits per heavy atom. The fourth-order valence-electron chi connectivity index (χ4n) is 1.75. The second-order valence-corrected chi connectivity index (χ2v) is 8.94. The second-order valence-electron chi connectivity index (χ2n) is 4.70. The molecule has 0 amide bonds. The molecule has 1 N–H and O–H groups in total. The molecule has 2 aromatic rings. The lowest BCUT2D eigenvalue weighted by Gasteiger charge is -2.02. The van der Waals surface area contributed by atoms with Crippen LogP contribution in [-0.4, -0.2) is 27.0 Å². The molecule has 0 saturated carbocycles. The SMILES string of the molecule is CS(=O)(=O)CCNCc1ccc(-c2ccc(Cl)c(Cl)c2)s1. The zero-order valence-electron chi connectivity index (χ0n) is 11.4. The van der Waals surface area contributed by atoms with Crippen molar-refractivity contribution in [2.24, 2.45) is 0 Å². The molecular formula is C14H15Cl2NO2S2. The van der Waals surface area contributed by atoms with Crippen LogP contribution in [0.3, 0.4) is 0 Å². The van der Waals surface area contributed by atoms with E-state index >= 15 is 0 Å². The molecular weight excluding hydrogens is 349 g/mol. The number of rotatable bonds is 6. The summed E-state index contributed by atoms with van der Waals surface area (Å²) in [5, 5.41) is 4.21. The lowest BCUT2D eigenvalue weighted by molar-refractivity contribution is 0.596. The van der Waals surface area contributed by atoms with Crippen molar-refractivity contribution in [3.05, 3.63) is 45.3 Å². The third kappa shape index (κ3) is 5.27. The Hall–Kier alpha value is -0.590. The van der Waals surface area contributed by atoms with E-state index in [9.17, 15) is 8.42 Å². The summed E-state index contributed by atoms with van der Waals surface area (Å²) in [4.78, 5) is 2.25. The van der Waals surface area contributed by atoms with Crippen molar-refractivity contribution in [2.75, 3.05) is 18.6 Å². The molecule has 0 spiro atoms. The van der Waals surface area contributed by atoms with Crippen LogP contribution in [0.1, 0.15) is 4.88 Å². The van der Waals surface area contributed by atoms with Gasteiger partial charge in [0.25, 0.3) is 0 Å². The average Bonchev–Trinajstić information content (AvgIpc) is 2.86. The van der Waals surface area contributed by atoms with Crippen molar-refractivity contribution >= 4 is 44.4 Å². The topological polar surface area (TPSA) is 46.2 Å². The average molecular weight is 364 g/mol. The molecule has 7 heteroatoms. The van der Waals surface area contributed by atoms with Gasteiger partial charge >= 0.3 is 0 Å². The fraction of sp³-hybridized carbons (Fsp3) is 0.286. The van der Waals surface area contributed by atoms with Gasteiger partial charge in [0.15, 0.2) is 0 Å². The van der Waals surface area contributed by atoms with Gasteiger partial charge in [-0.3, -0.25) is 0 Å². The molecule has 0 aliphatic heterocycles. The summed E-state index contributed by atoms with van der Waals surface area (Å²) >= 11 is 13.6. The summed E-state index contributed by atoms with van der Waals surface area (Å²) in [6.07, 6.45) is 1.24. The van der Waals surface area contributed by atoms with Gasteiger partial charge in [-0.2, -0.15) is 0 Å². The van der Waals surface area contributed by atoms with Crippen molar-refractivity contribution in [2.45, 2.75) is 6.54 Å². The highest BCUT2D eigenvalue weighted by Crippen LogP contribution is 2.32. The smallest absolute Gasteiger partial charge is 0.148 e. The van der Waals surface area contributed by atoms with Crippen LogP contribution in [0.15, 0.2) is 30.3 Å². The minimum absolute atomic E-state index is 0.151. The molecule has 0 atom stereocenters. The summed E-state index contributed by atoms with van der Waals surface area (Å²) in [5.74, 6) is 0.151. The van der Waals surface area contributed by atoms with E-state index in [1.807, 2.05) is 24.3 Å². The first kappa shape index (κ1) is 16.8. The van der Waals surface area contributed by atoms with Crippen LogP contribution in [0.25, 0.3) is 10.4 Å². The predicted molar refractivity (Wildman–Crippen MR) is 91.2 cm³/mol. The van der Waals surface area contributed by atoms with E-state index in [2.05, 4.69) is 5.32 Å². The highest BCUT2D eigenvalue weighted by atomic mass is 35.5. The van der Waals surface area contributed by atoms with Crippen LogP contribution < -0.4 is 5.32 Å². The van der Waals surface area contributed by atoms with Gasteiger partial charge in [-0.1, -0.05) is 29.3 Å². The maximum absolute atomic E-state index is 11.0. The maximum atomic E-state index is 11.0. The van der Waals surface area contributed by atoms with E-state index in [1.165, 1.54) is 6.26 Å². The fourth-order valence-corrected chi connectivity index (χ4v) is 3.53. The summed E-state index contributed by atoms with van der Waals surface area (Å²) in [6.45, 7) is 1.11. The van der Waals surface area contributed by atoms with Gasteiger partial charge in [-0.05, 0) is 29.8 Å². The van der Waals surface area contributed by atoms with Gasteiger partial charge in [0.2, 0.25) is 0 Å². The van der Waals surface area contributed by atoms with Crippen LogP contribution in [0.5, 0.6) is 0 Å². The molecule has 1 heterocycles. The summed E-state index contributed by atoms with van der Waals surface area (Å²) < 4.78 is 22.1. The first-order valence-corrected chi connectivity index (χ1v) is 9.91. The van der Waals surface area contributed by atoms with Crippen molar-refractivity contribution < 1.29 is 8.42 Å². The molecule has 0 fully saturated rings.